The SMILES string of the molecule is COc1cc(N)cc(NC2C(C)(C)C2(C)C)c1. The maximum absolute atomic E-state index is 5.85. The quantitative estimate of drug-likeness (QED) is 0.790. The summed E-state index contributed by atoms with van der Waals surface area (Å²) in [5, 5.41) is 3.55. The van der Waals surface area contributed by atoms with Gasteiger partial charge >= 0.3 is 0 Å². The summed E-state index contributed by atoms with van der Waals surface area (Å²) >= 11 is 0. The van der Waals surface area contributed by atoms with Crippen molar-refractivity contribution in [3.63, 3.8) is 0 Å². The highest BCUT2D eigenvalue weighted by Crippen LogP contribution is 2.63. The first kappa shape index (κ1) is 12.1. The summed E-state index contributed by atoms with van der Waals surface area (Å²) in [6.45, 7) is 9.14. The summed E-state index contributed by atoms with van der Waals surface area (Å²) in [4.78, 5) is 0. The monoisotopic (exact) mass is 234 g/mol. The number of anilines is 2. The van der Waals surface area contributed by atoms with Crippen LogP contribution in [0.15, 0.2) is 18.2 Å². The molecule has 0 spiro atoms. The fraction of sp³-hybridized carbons (Fsp3) is 0.571. The average Bonchev–Trinajstić information content (AvgIpc) is 2.60. The molecule has 17 heavy (non-hydrogen) atoms. The van der Waals surface area contributed by atoms with E-state index in [1.54, 1.807) is 7.11 Å². The first-order valence-electron chi connectivity index (χ1n) is 6.00. The van der Waals surface area contributed by atoms with Gasteiger partial charge in [-0.15, -0.1) is 0 Å². The summed E-state index contributed by atoms with van der Waals surface area (Å²) < 4.78 is 5.22. The van der Waals surface area contributed by atoms with Crippen LogP contribution in [0.2, 0.25) is 0 Å². The zero-order chi connectivity index (χ0) is 12.8. The van der Waals surface area contributed by atoms with Gasteiger partial charge in [-0.3, -0.25) is 0 Å². The molecule has 0 radical (unpaired) electrons. The number of nitrogens with two attached hydrogens (primary N) is 1. The molecule has 3 nitrogen and oxygen atoms in total. The van der Waals surface area contributed by atoms with Gasteiger partial charge in [0.1, 0.15) is 5.75 Å². The molecule has 3 N–H and O–H groups in total. The molecular weight excluding hydrogens is 212 g/mol. The highest BCUT2D eigenvalue weighted by Gasteiger charge is 2.64. The highest BCUT2D eigenvalue weighted by molar-refractivity contribution is 5.60. The lowest BCUT2D eigenvalue weighted by molar-refractivity contribution is 0.415. The Bertz CT molecular complexity index is 424. The molecule has 1 aliphatic carbocycles. The van der Waals surface area contributed by atoms with Crippen LogP contribution < -0.4 is 15.8 Å². The molecule has 1 aromatic carbocycles. The maximum Gasteiger partial charge on any atom is 0.122 e. The summed E-state index contributed by atoms with van der Waals surface area (Å²) in [5.41, 5.74) is 8.23. The number of methoxy groups -OCH3 is 1. The Morgan fingerprint density at radius 2 is 1.71 bits per heavy atom. The van der Waals surface area contributed by atoms with Crippen LogP contribution in [0.5, 0.6) is 5.75 Å². The summed E-state index contributed by atoms with van der Waals surface area (Å²) in [5.74, 6) is 0.795. The molecule has 0 atom stereocenters. The largest absolute Gasteiger partial charge is 0.497 e. The topological polar surface area (TPSA) is 47.3 Å². The van der Waals surface area contributed by atoms with E-state index < -0.39 is 0 Å². The Hall–Kier alpha value is -1.38. The highest BCUT2D eigenvalue weighted by atomic mass is 16.5. The Morgan fingerprint density at radius 1 is 1.12 bits per heavy atom. The smallest absolute Gasteiger partial charge is 0.122 e. The van der Waals surface area contributed by atoms with E-state index >= 15 is 0 Å². The summed E-state index contributed by atoms with van der Waals surface area (Å²) in [7, 11) is 1.66. The van der Waals surface area contributed by atoms with Crippen molar-refractivity contribution in [2.45, 2.75) is 33.7 Å². The van der Waals surface area contributed by atoms with Crippen LogP contribution in [0.3, 0.4) is 0 Å². The molecule has 1 saturated carbocycles. The van der Waals surface area contributed by atoms with Gasteiger partial charge in [0, 0.05) is 29.5 Å². The predicted molar refractivity (Wildman–Crippen MR) is 72.4 cm³/mol. The fourth-order valence-corrected chi connectivity index (χ4v) is 2.55. The molecule has 94 valence electrons. The van der Waals surface area contributed by atoms with Crippen molar-refractivity contribution in [2.24, 2.45) is 10.8 Å². The maximum atomic E-state index is 5.85. The van der Waals surface area contributed by atoms with E-state index in [-0.39, 0.29) is 0 Å². The standard InChI is InChI=1S/C14H22N2O/c1-13(2)12(14(13,3)4)16-10-6-9(15)7-11(8-10)17-5/h6-8,12,16H,15H2,1-5H3. The van der Waals surface area contributed by atoms with Crippen LogP contribution in [0.1, 0.15) is 27.7 Å². The van der Waals surface area contributed by atoms with Crippen molar-refractivity contribution in [3.05, 3.63) is 18.2 Å². The van der Waals surface area contributed by atoms with Gasteiger partial charge < -0.3 is 15.8 Å². The Morgan fingerprint density at radius 3 is 2.18 bits per heavy atom. The number of nitrogens with one attached hydrogen (secondary N) is 1. The van der Waals surface area contributed by atoms with E-state index in [2.05, 4.69) is 33.0 Å². The molecule has 2 rings (SSSR count). The molecule has 3 heteroatoms. The number of hydrogen-bond acceptors (Lipinski definition) is 3. The van der Waals surface area contributed by atoms with Crippen molar-refractivity contribution in [3.8, 4) is 5.75 Å². The van der Waals surface area contributed by atoms with E-state index in [1.807, 2.05) is 18.2 Å². The van der Waals surface area contributed by atoms with Crippen molar-refractivity contribution in [2.75, 3.05) is 18.2 Å². The Labute approximate surface area is 103 Å². The lowest BCUT2D eigenvalue weighted by Gasteiger charge is -2.11. The van der Waals surface area contributed by atoms with Gasteiger partial charge in [0.25, 0.3) is 0 Å². The third-order valence-corrected chi connectivity index (χ3v) is 4.50. The van der Waals surface area contributed by atoms with E-state index in [0.717, 1.165) is 17.1 Å². The van der Waals surface area contributed by atoms with Crippen LogP contribution in [0, 0.1) is 10.8 Å². The van der Waals surface area contributed by atoms with E-state index in [9.17, 15) is 0 Å². The minimum Gasteiger partial charge on any atom is -0.497 e. The van der Waals surface area contributed by atoms with Gasteiger partial charge in [0.05, 0.1) is 7.11 Å². The minimum atomic E-state index is 0.310. The van der Waals surface area contributed by atoms with E-state index in [4.69, 9.17) is 10.5 Å². The van der Waals surface area contributed by atoms with Gasteiger partial charge in [0.15, 0.2) is 0 Å². The van der Waals surface area contributed by atoms with Crippen molar-refractivity contribution in [1.29, 1.82) is 0 Å². The first-order valence-corrected chi connectivity index (χ1v) is 6.00. The molecule has 1 fully saturated rings. The lowest BCUT2D eigenvalue weighted by Crippen LogP contribution is -2.10. The molecule has 0 unspecified atom stereocenters. The van der Waals surface area contributed by atoms with Gasteiger partial charge in [-0.1, -0.05) is 27.7 Å². The minimum absolute atomic E-state index is 0.310. The average molecular weight is 234 g/mol. The molecule has 0 saturated heterocycles. The molecule has 0 heterocycles. The Kier molecular flexibility index (Phi) is 2.53. The number of hydrogen-bond donors (Lipinski definition) is 2. The molecular formula is C14H22N2O. The van der Waals surface area contributed by atoms with Crippen LogP contribution in [-0.2, 0) is 0 Å². The third-order valence-electron chi connectivity index (χ3n) is 4.50. The zero-order valence-electron chi connectivity index (χ0n) is 11.3. The molecule has 0 aromatic heterocycles. The molecule has 0 amide bonds. The van der Waals surface area contributed by atoms with Crippen molar-refractivity contribution in [1.82, 2.24) is 0 Å². The number of benzene rings is 1. The fourth-order valence-electron chi connectivity index (χ4n) is 2.55. The molecule has 1 aromatic rings. The van der Waals surface area contributed by atoms with Crippen molar-refractivity contribution >= 4 is 11.4 Å². The van der Waals surface area contributed by atoms with Gasteiger partial charge in [-0.05, 0) is 16.9 Å². The number of rotatable bonds is 3. The van der Waals surface area contributed by atoms with Gasteiger partial charge in [-0.25, -0.2) is 0 Å². The van der Waals surface area contributed by atoms with E-state index in [1.165, 1.54) is 0 Å². The van der Waals surface area contributed by atoms with E-state index in [0.29, 0.717) is 16.9 Å². The first-order chi connectivity index (χ1) is 7.79. The Balaban J connectivity index is 2.18. The van der Waals surface area contributed by atoms with Crippen molar-refractivity contribution < 1.29 is 4.74 Å². The lowest BCUT2D eigenvalue weighted by atomic mass is 10.0. The molecule has 0 bridgehead atoms. The molecule has 0 aliphatic heterocycles. The van der Waals surface area contributed by atoms with Gasteiger partial charge in [0.2, 0.25) is 0 Å². The van der Waals surface area contributed by atoms with Crippen LogP contribution in [0.4, 0.5) is 11.4 Å². The van der Waals surface area contributed by atoms with Crippen LogP contribution in [0.25, 0.3) is 0 Å². The molecule has 1 aliphatic rings. The van der Waals surface area contributed by atoms with Gasteiger partial charge in [-0.2, -0.15) is 0 Å². The second-order valence-electron chi connectivity index (χ2n) is 6.02. The number of nitrogen functional groups attached to an aromatic ring is 1. The van der Waals surface area contributed by atoms with Crippen LogP contribution >= 0.6 is 0 Å². The second kappa shape index (κ2) is 3.56. The van der Waals surface area contributed by atoms with Crippen LogP contribution in [-0.4, -0.2) is 13.2 Å². The predicted octanol–water partition coefficient (Wildman–Crippen LogP) is 3.12. The summed E-state index contributed by atoms with van der Waals surface area (Å²) in [6.07, 6.45) is 0. The second-order valence-corrected chi connectivity index (χ2v) is 6.02. The zero-order valence-corrected chi connectivity index (χ0v) is 11.3. The summed E-state index contributed by atoms with van der Waals surface area (Å²) in [6, 6.07) is 6.24. The third kappa shape index (κ3) is 1.84. The number of ether oxygens (including phenoxy) is 1. The normalized spacial score (nSPS) is 21.0.